The van der Waals surface area contributed by atoms with Gasteiger partial charge < -0.3 is 5.32 Å². The second-order valence-electron chi connectivity index (χ2n) is 4.13. The molecule has 0 aromatic carbocycles. The minimum Gasteiger partial charge on any atom is -0.316 e. The van der Waals surface area contributed by atoms with E-state index in [1.807, 2.05) is 6.92 Å². The number of H-pyrrole nitrogens is 1. The minimum atomic E-state index is -3.42. The number of aromatic nitrogens is 2. The van der Waals surface area contributed by atoms with E-state index in [1.165, 1.54) is 12.4 Å². The third kappa shape index (κ3) is 2.42. The topological polar surface area (TPSA) is 86.9 Å². The Kier molecular flexibility index (Phi) is 3.27. The summed E-state index contributed by atoms with van der Waals surface area (Å²) < 4.78 is 26.6. The molecule has 1 saturated heterocycles. The van der Waals surface area contributed by atoms with Crippen LogP contribution in [0.3, 0.4) is 0 Å². The second kappa shape index (κ2) is 4.52. The van der Waals surface area contributed by atoms with Gasteiger partial charge in [0.2, 0.25) is 10.0 Å². The van der Waals surface area contributed by atoms with Crippen molar-refractivity contribution < 1.29 is 8.42 Å². The molecular weight excluding hydrogens is 228 g/mol. The largest absolute Gasteiger partial charge is 0.316 e. The van der Waals surface area contributed by atoms with Crippen LogP contribution < -0.4 is 10.0 Å². The van der Waals surface area contributed by atoms with E-state index in [2.05, 4.69) is 20.2 Å². The molecule has 0 amide bonds. The Balaban J connectivity index is 2.09. The molecule has 0 spiro atoms. The predicted octanol–water partition coefficient (Wildman–Crippen LogP) is -0.314. The summed E-state index contributed by atoms with van der Waals surface area (Å²) >= 11 is 0. The van der Waals surface area contributed by atoms with Gasteiger partial charge in [-0.15, -0.1) is 0 Å². The van der Waals surface area contributed by atoms with E-state index in [1.54, 1.807) is 0 Å². The van der Waals surface area contributed by atoms with Crippen LogP contribution in [0.4, 0.5) is 0 Å². The first kappa shape index (κ1) is 11.6. The molecule has 0 bridgehead atoms. The van der Waals surface area contributed by atoms with Crippen LogP contribution in [0.25, 0.3) is 0 Å². The van der Waals surface area contributed by atoms with Gasteiger partial charge in [-0.25, -0.2) is 13.1 Å². The molecule has 2 atom stereocenters. The highest BCUT2D eigenvalue weighted by molar-refractivity contribution is 7.89. The van der Waals surface area contributed by atoms with Crippen LogP contribution in [0.15, 0.2) is 17.3 Å². The van der Waals surface area contributed by atoms with Crippen molar-refractivity contribution in [3.8, 4) is 0 Å². The quantitative estimate of drug-likeness (QED) is 0.680. The number of nitrogens with one attached hydrogen (secondary N) is 3. The summed E-state index contributed by atoms with van der Waals surface area (Å²) in [6.45, 7) is 3.73. The first-order valence-electron chi connectivity index (χ1n) is 5.31. The number of piperidine rings is 1. The molecule has 1 aliphatic heterocycles. The maximum Gasteiger partial charge on any atom is 0.243 e. The van der Waals surface area contributed by atoms with Gasteiger partial charge in [-0.2, -0.15) is 5.10 Å². The lowest BCUT2D eigenvalue weighted by molar-refractivity contribution is 0.328. The van der Waals surface area contributed by atoms with Crippen molar-refractivity contribution in [2.75, 3.05) is 13.1 Å². The predicted molar refractivity (Wildman–Crippen MR) is 59.3 cm³/mol. The molecule has 2 heterocycles. The maximum atomic E-state index is 11.9. The monoisotopic (exact) mass is 244 g/mol. The van der Waals surface area contributed by atoms with Gasteiger partial charge in [0.05, 0.1) is 6.20 Å². The molecule has 1 fully saturated rings. The van der Waals surface area contributed by atoms with Crippen molar-refractivity contribution >= 4 is 10.0 Å². The van der Waals surface area contributed by atoms with Gasteiger partial charge >= 0.3 is 0 Å². The second-order valence-corrected chi connectivity index (χ2v) is 5.85. The summed E-state index contributed by atoms with van der Waals surface area (Å²) in [6.07, 6.45) is 3.51. The van der Waals surface area contributed by atoms with Crippen LogP contribution in [0.2, 0.25) is 0 Å². The molecule has 7 heteroatoms. The van der Waals surface area contributed by atoms with Crippen molar-refractivity contribution in [2.24, 2.45) is 5.92 Å². The third-order valence-corrected chi connectivity index (χ3v) is 4.33. The molecule has 90 valence electrons. The van der Waals surface area contributed by atoms with Gasteiger partial charge in [0.1, 0.15) is 4.90 Å². The lowest BCUT2D eigenvalue weighted by Crippen LogP contribution is -2.48. The first-order valence-corrected chi connectivity index (χ1v) is 6.80. The fourth-order valence-electron chi connectivity index (χ4n) is 1.84. The summed E-state index contributed by atoms with van der Waals surface area (Å²) in [4.78, 5) is 0.193. The molecule has 2 unspecified atom stereocenters. The number of nitrogens with zero attached hydrogens (tertiary/aromatic N) is 1. The van der Waals surface area contributed by atoms with Crippen LogP contribution in [-0.2, 0) is 10.0 Å². The number of aromatic amines is 1. The highest BCUT2D eigenvalue weighted by Gasteiger charge is 2.26. The van der Waals surface area contributed by atoms with E-state index in [4.69, 9.17) is 0 Å². The molecular formula is C9H16N4O2S. The van der Waals surface area contributed by atoms with Crippen molar-refractivity contribution in [3.05, 3.63) is 12.4 Å². The van der Waals surface area contributed by atoms with E-state index in [0.717, 1.165) is 19.5 Å². The van der Waals surface area contributed by atoms with E-state index < -0.39 is 10.0 Å². The third-order valence-electron chi connectivity index (χ3n) is 2.88. The lowest BCUT2D eigenvalue weighted by Gasteiger charge is -2.29. The fraction of sp³-hybridized carbons (Fsp3) is 0.667. The minimum absolute atomic E-state index is 0.00106. The molecule has 3 N–H and O–H groups in total. The Morgan fingerprint density at radius 2 is 2.38 bits per heavy atom. The zero-order chi connectivity index (χ0) is 11.6. The van der Waals surface area contributed by atoms with E-state index in [-0.39, 0.29) is 10.9 Å². The average molecular weight is 244 g/mol. The Labute approximate surface area is 94.9 Å². The standard InChI is InChI=1S/C9H16N4O2S/c1-7-4-10-3-2-9(7)13-16(14,15)8-5-11-12-6-8/h5-7,9-10,13H,2-4H2,1H3,(H,11,12). The van der Waals surface area contributed by atoms with Gasteiger partial charge in [0, 0.05) is 12.2 Å². The summed E-state index contributed by atoms with van der Waals surface area (Å²) in [5, 5.41) is 9.38. The molecule has 1 aliphatic rings. The summed E-state index contributed by atoms with van der Waals surface area (Å²) in [5.41, 5.74) is 0. The maximum absolute atomic E-state index is 11.9. The number of hydrogen-bond donors (Lipinski definition) is 3. The summed E-state index contributed by atoms with van der Waals surface area (Å²) in [7, 11) is -3.42. The molecule has 6 nitrogen and oxygen atoms in total. The van der Waals surface area contributed by atoms with Crippen molar-refractivity contribution in [3.63, 3.8) is 0 Å². The average Bonchev–Trinajstić information content (AvgIpc) is 2.75. The van der Waals surface area contributed by atoms with E-state index in [0.29, 0.717) is 5.92 Å². The Hall–Kier alpha value is -0.920. The van der Waals surface area contributed by atoms with E-state index in [9.17, 15) is 8.42 Å². The Bertz CT molecular complexity index is 428. The van der Waals surface area contributed by atoms with Crippen LogP contribution in [0.1, 0.15) is 13.3 Å². The van der Waals surface area contributed by atoms with Crippen molar-refractivity contribution in [1.29, 1.82) is 0 Å². The van der Waals surface area contributed by atoms with E-state index >= 15 is 0 Å². The molecule has 0 radical (unpaired) electrons. The molecule has 1 aromatic heterocycles. The number of rotatable bonds is 3. The summed E-state index contributed by atoms with van der Waals surface area (Å²) in [6, 6.07) is 0.00106. The smallest absolute Gasteiger partial charge is 0.243 e. The number of sulfonamides is 1. The first-order chi connectivity index (χ1) is 7.59. The zero-order valence-corrected chi connectivity index (χ0v) is 9.92. The van der Waals surface area contributed by atoms with Crippen LogP contribution in [0.5, 0.6) is 0 Å². The zero-order valence-electron chi connectivity index (χ0n) is 9.10. The van der Waals surface area contributed by atoms with Crippen molar-refractivity contribution in [2.45, 2.75) is 24.3 Å². The van der Waals surface area contributed by atoms with Crippen LogP contribution in [-0.4, -0.2) is 37.7 Å². The van der Waals surface area contributed by atoms with Gasteiger partial charge in [-0.3, -0.25) is 5.10 Å². The van der Waals surface area contributed by atoms with Gasteiger partial charge in [0.15, 0.2) is 0 Å². The Morgan fingerprint density at radius 1 is 1.56 bits per heavy atom. The summed E-state index contributed by atoms with van der Waals surface area (Å²) in [5.74, 6) is 0.301. The molecule has 0 aliphatic carbocycles. The molecule has 16 heavy (non-hydrogen) atoms. The van der Waals surface area contributed by atoms with Crippen LogP contribution in [0, 0.1) is 5.92 Å². The SMILES string of the molecule is CC1CNCCC1NS(=O)(=O)c1cn[nH]c1. The Morgan fingerprint density at radius 3 is 3.00 bits per heavy atom. The number of hydrogen-bond acceptors (Lipinski definition) is 4. The van der Waals surface area contributed by atoms with Gasteiger partial charge in [-0.1, -0.05) is 6.92 Å². The fourth-order valence-corrected chi connectivity index (χ4v) is 3.13. The normalized spacial score (nSPS) is 26.8. The van der Waals surface area contributed by atoms with Crippen molar-refractivity contribution in [1.82, 2.24) is 20.2 Å². The lowest BCUT2D eigenvalue weighted by atomic mass is 9.97. The van der Waals surface area contributed by atoms with Gasteiger partial charge in [0.25, 0.3) is 0 Å². The van der Waals surface area contributed by atoms with Crippen LogP contribution >= 0.6 is 0 Å². The van der Waals surface area contributed by atoms with Gasteiger partial charge in [-0.05, 0) is 25.4 Å². The highest BCUT2D eigenvalue weighted by atomic mass is 32.2. The molecule has 0 saturated carbocycles. The molecule has 1 aromatic rings. The molecule has 2 rings (SSSR count). The highest BCUT2D eigenvalue weighted by Crippen LogP contribution is 2.14.